The molecule has 1 heterocycles. The summed E-state index contributed by atoms with van der Waals surface area (Å²) in [5, 5.41) is 10.8. The van der Waals surface area contributed by atoms with Crippen molar-refractivity contribution in [2.75, 3.05) is 22.6 Å². The lowest BCUT2D eigenvalue weighted by molar-refractivity contribution is 0.102. The number of benzene rings is 1. The van der Waals surface area contributed by atoms with Crippen LogP contribution in [0.25, 0.3) is 0 Å². The molecule has 0 aliphatic rings. The minimum Gasteiger partial charge on any atom is -0.296 e. The van der Waals surface area contributed by atoms with Crippen LogP contribution in [-0.4, -0.2) is 37.0 Å². The van der Waals surface area contributed by atoms with Gasteiger partial charge in [0.2, 0.25) is 15.2 Å². The molecule has 2 aromatic rings. The minimum atomic E-state index is -3.41. The topological polar surface area (TPSA) is 101 Å². The number of nitrogens with one attached hydrogen (secondary N) is 2. The molecule has 0 saturated heterocycles. The number of carbonyl (C=O) groups excluding carboxylic acids is 1. The Bertz CT molecular complexity index is 802. The van der Waals surface area contributed by atoms with Gasteiger partial charge in [0.1, 0.15) is 0 Å². The first kappa shape index (κ1) is 16.7. The van der Waals surface area contributed by atoms with Crippen molar-refractivity contribution in [1.29, 1.82) is 0 Å². The fourth-order valence-electron chi connectivity index (χ4n) is 1.58. The van der Waals surface area contributed by atoms with Gasteiger partial charge in [-0.1, -0.05) is 29.2 Å². The number of nitrogens with zero attached hydrogens (tertiary/aromatic N) is 2. The van der Waals surface area contributed by atoms with Gasteiger partial charge >= 0.3 is 0 Å². The Kier molecular flexibility index (Phi) is 5.04. The molecular weight excluding hydrogens is 344 g/mol. The van der Waals surface area contributed by atoms with Crippen molar-refractivity contribution >= 4 is 49.8 Å². The van der Waals surface area contributed by atoms with E-state index >= 15 is 0 Å². The second-order valence-corrected chi connectivity index (χ2v) is 8.21. The minimum absolute atomic E-state index is 0.331. The number of aromatic nitrogens is 2. The van der Waals surface area contributed by atoms with Crippen LogP contribution >= 0.6 is 23.1 Å². The summed E-state index contributed by atoms with van der Waals surface area (Å²) in [7, 11) is -3.41. The molecule has 0 unspecified atom stereocenters. The van der Waals surface area contributed by atoms with Crippen molar-refractivity contribution in [3.63, 3.8) is 0 Å². The molecule has 0 radical (unpaired) electrons. The molecular formula is C12H14N4O3S3. The number of anilines is 2. The number of rotatable bonds is 5. The van der Waals surface area contributed by atoms with E-state index in [1.807, 2.05) is 6.26 Å². The SMILES string of the molecule is CSc1nnc(NC(=O)c2ccc(C)c(NS(C)(=O)=O)c2)s1. The number of carbonyl (C=O) groups is 1. The first-order valence-corrected chi connectivity index (χ1v) is 9.99. The summed E-state index contributed by atoms with van der Waals surface area (Å²) >= 11 is 2.71. The van der Waals surface area contributed by atoms with E-state index in [2.05, 4.69) is 20.2 Å². The molecule has 0 fully saturated rings. The molecule has 1 amide bonds. The molecule has 7 nitrogen and oxygen atoms in total. The fourth-order valence-corrected chi connectivity index (χ4v) is 3.37. The highest BCUT2D eigenvalue weighted by atomic mass is 32.2. The zero-order valence-corrected chi connectivity index (χ0v) is 14.5. The molecule has 0 atom stereocenters. The molecule has 22 heavy (non-hydrogen) atoms. The Labute approximate surface area is 136 Å². The summed E-state index contributed by atoms with van der Waals surface area (Å²) in [5.41, 5.74) is 1.43. The van der Waals surface area contributed by atoms with E-state index in [4.69, 9.17) is 0 Å². The number of thioether (sulfide) groups is 1. The number of aryl methyl sites for hydroxylation is 1. The van der Waals surface area contributed by atoms with Crippen molar-refractivity contribution in [1.82, 2.24) is 10.2 Å². The summed E-state index contributed by atoms with van der Waals surface area (Å²) in [6, 6.07) is 4.78. The smallest absolute Gasteiger partial charge is 0.257 e. The van der Waals surface area contributed by atoms with Gasteiger partial charge in [-0.15, -0.1) is 10.2 Å². The van der Waals surface area contributed by atoms with E-state index in [-0.39, 0.29) is 5.91 Å². The molecule has 118 valence electrons. The number of hydrogen-bond acceptors (Lipinski definition) is 7. The largest absolute Gasteiger partial charge is 0.296 e. The first-order valence-electron chi connectivity index (χ1n) is 6.06. The molecule has 0 bridgehead atoms. The molecule has 2 rings (SSSR count). The van der Waals surface area contributed by atoms with Crippen LogP contribution in [0, 0.1) is 6.92 Å². The van der Waals surface area contributed by atoms with Gasteiger partial charge < -0.3 is 0 Å². The number of sulfonamides is 1. The summed E-state index contributed by atoms with van der Waals surface area (Å²) in [6.45, 7) is 1.75. The van der Waals surface area contributed by atoms with Crippen LogP contribution in [0.4, 0.5) is 10.8 Å². The molecule has 0 saturated carbocycles. The summed E-state index contributed by atoms with van der Waals surface area (Å²) in [4.78, 5) is 12.2. The quantitative estimate of drug-likeness (QED) is 0.628. The van der Waals surface area contributed by atoms with Crippen molar-refractivity contribution in [3.8, 4) is 0 Å². The van der Waals surface area contributed by atoms with Gasteiger partial charge in [0.05, 0.1) is 11.9 Å². The maximum atomic E-state index is 12.2. The summed E-state index contributed by atoms with van der Waals surface area (Å²) < 4.78 is 25.8. The van der Waals surface area contributed by atoms with E-state index in [0.29, 0.717) is 16.4 Å². The third-order valence-electron chi connectivity index (χ3n) is 2.60. The molecule has 0 spiro atoms. The first-order chi connectivity index (χ1) is 10.3. The summed E-state index contributed by atoms with van der Waals surface area (Å²) in [5.74, 6) is -0.375. The van der Waals surface area contributed by atoms with E-state index in [1.54, 1.807) is 19.1 Å². The van der Waals surface area contributed by atoms with E-state index in [1.165, 1.54) is 29.2 Å². The molecule has 0 aliphatic heterocycles. The number of amides is 1. The molecule has 2 N–H and O–H groups in total. The predicted molar refractivity (Wildman–Crippen MR) is 89.3 cm³/mol. The average Bonchev–Trinajstić information content (AvgIpc) is 2.87. The maximum absolute atomic E-state index is 12.2. The normalized spacial score (nSPS) is 11.2. The van der Waals surface area contributed by atoms with E-state index < -0.39 is 10.0 Å². The average molecular weight is 358 g/mol. The van der Waals surface area contributed by atoms with Crippen LogP contribution in [0.3, 0.4) is 0 Å². The Hall–Kier alpha value is -1.65. The van der Waals surface area contributed by atoms with Gasteiger partial charge in [-0.3, -0.25) is 14.8 Å². The van der Waals surface area contributed by atoms with Crippen LogP contribution < -0.4 is 10.0 Å². The van der Waals surface area contributed by atoms with Crippen molar-refractivity contribution in [3.05, 3.63) is 29.3 Å². The standard InChI is InChI=1S/C12H14N4O3S3/c1-7-4-5-8(6-9(7)16-22(3,18)19)10(17)13-11-14-15-12(20-2)21-11/h4-6,16H,1-3H3,(H,13,14,17). The van der Waals surface area contributed by atoms with Gasteiger partial charge in [0.25, 0.3) is 5.91 Å². The van der Waals surface area contributed by atoms with E-state index in [0.717, 1.165) is 16.2 Å². The second-order valence-electron chi connectivity index (χ2n) is 4.44. The summed E-state index contributed by atoms with van der Waals surface area (Å²) in [6.07, 6.45) is 2.93. The zero-order valence-electron chi connectivity index (χ0n) is 12.1. The monoisotopic (exact) mass is 358 g/mol. The van der Waals surface area contributed by atoms with Gasteiger partial charge in [0, 0.05) is 5.56 Å². The lowest BCUT2D eigenvalue weighted by Gasteiger charge is -2.09. The van der Waals surface area contributed by atoms with Crippen molar-refractivity contribution < 1.29 is 13.2 Å². The Morgan fingerprint density at radius 1 is 1.32 bits per heavy atom. The Balaban J connectivity index is 2.21. The Morgan fingerprint density at radius 2 is 2.05 bits per heavy atom. The molecule has 0 aliphatic carbocycles. The van der Waals surface area contributed by atoms with Crippen LogP contribution in [-0.2, 0) is 10.0 Å². The maximum Gasteiger partial charge on any atom is 0.257 e. The zero-order chi connectivity index (χ0) is 16.3. The molecule has 1 aromatic heterocycles. The second kappa shape index (κ2) is 6.63. The highest BCUT2D eigenvalue weighted by molar-refractivity contribution is 8.00. The third kappa shape index (κ3) is 4.42. The van der Waals surface area contributed by atoms with Crippen LogP contribution in [0.2, 0.25) is 0 Å². The Morgan fingerprint density at radius 3 is 2.64 bits per heavy atom. The molecule has 10 heteroatoms. The van der Waals surface area contributed by atoms with Crippen LogP contribution in [0.1, 0.15) is 15.9 Å². The van der Waals surface area contributed by atoms with Crippen molar-refractivity contribution in [2.45, 2.75) is 11.3 Å². The van der Waals surface area contributed by atoms with Gasteiger partial charge in [-0.25, -0.2) is 8.42 Å². The highest BCUT2D eigenvalue weighted by Gasteiger charge is 2.13. The van der Waals surface area contributed by atoms with Gasteiger partial charge in [0.15, 0.2) is 4.34 Å². The fraction of sp³-hybridized carbons (Fsp3) is 0.250. The van der Waals surface area contributed by atoms with Gasteiger partial charge in [-0.2, -0.15) is 0 Å². The highest BCUT2D eigenvalue weighted by Crippen LogP contribution is 2.24. The number of hydrogen-bond donors (Lipinski definition) is 2. The lowest BCUT2D eigenvalue weighted by atomic mass is 10.1. The lowest BCUT2D eigenvalue weighted by Crippen LogP contribution is -2.14. The predicted octanol–water partition coefficient (Wildman–Crippen LogP) is 2.19. The molecule has 1 aromatic carbocycles. The third-order valence-corrected chi connectivity index (χ3v) is 5.00. The van der Waals surface area contributed by atoms with Crippen molar-refractivity contribution in [2.24, 2.45) is 0 Å². The van der Waals surface area contributed by atoms with E-state index in [9.17, 15) is 13.2 Å². The van der Waals surface area contributed by atoms with Gasteiger partial charge in [-0.05, 0) is 30.9 Å². The van der Waals surface area contributed by atoms with Crippen LogP contribution in [0.5, 0.6) is 0 Å². The van der Waals surface area contributed by atoms with Crippen LogP contribution in [0.15, 0.2) is 22.5 Å².